The summed E-state index contributed by atoms with van der Waals surface area (Å²) in [4.78, 5) is 24.9. The third-order valence-corrected chi connectivity index (χ3v) is 8.16. The van der Waals surface area contributed by atoms with E-state index >= 15 is 0 Å². The van der Waals surface area contributed by atoms with Crippen LogP contribution in [0.1, 0.15) is 32.7 Å². The molecule has 1 atom stereocenters. The number of hydrogen-bond acceptors (Lipinski definition) is 6. The van der Waals surface area contributed by atoms with Crippen LogP contribution in [0.5, 0.6) is 5.75 Å². The van der Waals surface area contributed by atoms with E-state index in [0.717, 1.165) is 22.2 Å². The Kier molecular flexibility index (Phi) is 6.72. The topological polar surface area (TPSA) is 120 Å². The number of fused-ring (bicyclic) bond motifs is 2. The molecule has 0 saturated heterocycles. The van der Waals surface area contributed by atoms with E-state index < -0.39 is 33.3 Å². The Morgan fingerprint density at radius 1 is 1.05 bits per heavy atom. The number of Topliss-reactive ketones (excluding diaryl/α,β-unsaturated/α-hetero) is 1. The predicted molar refractivity (Wildman–Crippen MR) is 136 cm³/mol. The Morgan fingerprint density at radius 3 is 2.55 bits per heavy atom. The number of ketones is 1. The van der Waals surface area contributed by atoms with Crippen LogP contribution < -0.4 is 15.8 Å². The zero-order valence-corrected chi connectivity index (χ0v) is 20.8. The van der Waals surface area contributed by atoms with Gasteiger partial charge in [0.2, 0.25) is 5.91 Å². The second-order valence-electron chi connectivity index (χ2n) is 8.92. The van der Waals surface area contributed by atoms with Crippen molar-refractivity contribution in [2.75, 3.05) is 13.2 Å². The molecule has 0 fully saturated rings. The van der Waals surface area contributed by atoms with Gasteiger partial charge < -0.3 is 15.8 Å². The molecule has 1 aliphatic heterocycles. The van der Waals surface area contributed by atoms with Gasteiger partial charge in [0.25, 0.3) is 10.0 Å². The van der Waals surface area contributed by atoms with E-state index in [1.54, 1.807) is 18.2 Å². The minimum absolute atomic E-state index is 0.00936. The molecule has 0 radical (unpaired) electrons. The molecule has 11 heteroatoms. The van der Waals surface area contributed by atoms with Gasteiger partial charge in [-0.15, -0.1) is 0 Å². The van der Waals surface area contributed by atoms with Gasteiger partial charge in [-0.1, -0.05) is 18.2 Å². The van der Waals surface area contributed by atoms with E-state index in [1.807, 2.05) is 0 Å². The first-order valence-electron chi connectivity index (χ1n) is 11.8. The summed E-state index contributed by atoms with van der Waals surface area (Å²) in [7, 11) is -4.03. The number of nitrogens with one attached hydrogen (secondary N) is 1. The van der Waals surface area contributed by atoms with Crippen molar-refractivity contribution in [1.29, 1.82) is 0 Å². The van der Waals surface area contributed by atoms with Crippen LogP contribution in [0.15, 0.2) is 71.8 Å². The molecular formula is C27H23F2N3O5S. The van der Waals surface area contributed by atoms with Gasteiger partial charge in [0, 0.05) is 47.3 Å². The number of hydrogen-bond donors (Lipinski definition) is 2. The lowest BCUT2D eigenvalue weighted by molar-refractivity contribution is 0.0980. The Hall–Kier alpha value is -4.09. The molecule has 0 bridgehead atoms. The van der Waals surface area contributed by atoms with E-state index in [2.05, 4.69) is 5.32 Å². The first-order chi connectivity index (χ1) is 18.2. The summed E-state index contributed by atoms with van der Waals surface area (Å²) >= 11 is 0. The van der Waals surface area contributed by atoms with Crippen LogP contribution in [0.25, 0.3) is 10.9 Å². The number of primary amides is 1. The van der Waals surface area contributed by atoms with E-state index in [9.17, 15) is 26.8 Å². The average Bonchev–Trinajstić information content (AvgIpc) is 3.28. The van der Waals surface area contributed by atoms with Crippen LogP contribution in [0.4, 0.5) is 8.78 Å². The molecule has 38 heavy (non-hydrogen) atoms. The van der Waals surface area contributed by atoms with E-state index in [1.165, 1.54) is 30.5 Å². The van der Waals surface area contributed by atoms with Crippen LogP contribution in [-0.4, -0.2) is 43.3 Å². The second-order valence-corrected chi connectivity index (χ2v) is 10.7. The van der Waals surface area contributed by atoms with Gasteiger partial charge in [0.15, 0.2) is 17.3 Å². The quantitative estimate of drug-likeness (QED) is 0.331. The van der Waals surface area contributed by atoms with Crippen molar-refractivity contribution in [3.05, 3.63) is 95.2 Å². The fourth-order valence-corrected chi connectivity index (χ4v) is 6.02. The number of carbonyl (C=O) groups is 2. The van der Waals surface area contributed by atoms with Crippen molar-refractivity contribution in [3.63, 3.8) is 0 Å². The molecule has 3 aromatic carbocycles. The normalized spacial score (nSPS) is 15.2. The standard InChI is InChI=1S/C27H23F2N3O5S/c28-16-6-9-24-20(12-16)22(14-32(24)38(35,36)18-4-2-1-3-5-18)25(33)10-11-31-17-13-21-19(27(30)34)7-8-23(29)26(21)37-15-17/h1-9,12,14,17,31H,10-11,13,15H2,(H2,30,34). The fraction of sp³-hybridized carbons (Fsp3) is 0.185. The largest absolute Gasteiger partial charge is 0.489 e. The maximum atomic E-state index is 14.1. The summed E-state index contributed by atoms with van der Waals surface area (Å²) in [6.45, 7) is 0.289. The lowest BCUT2D eigenvalue weighted by Gasteiger charge is -2.27. The lowest BCUT2D eigenvalue weighted by Crippen LogP contribution is -2.41. The van der Waals surface area contributed by atoms with Gasteiger partial charge in [0.1, 0.15) is 12.4 Å². The van der Waals surface area contributed by atoms with Crippen molar-refractivity contribution in [2.45, 2.75) is 23.8 Å². The van der Waals surface area contributed by atoms with E-state index in [-0.39, 0.29) is 64.7 Å². The smallest absolute Gasteiger partial charge is 0.268 e. The van der Waals surface area contributed by atoms with Gasteiger partial charge in [-0.25, -0.2) is 21.2 Å². The number of nitrogens with two attached hydrogens (primary N) is 1. The molecular weight excluding hydrogens is 516 g/mol. The van der Waals surface area contributed by atoms with Crippen molar-refractivity contribution in [3.8, 4) is 5.75 Å². The van der Waals surface area contributed by atoms with Crippen molar-refractivity contribution in [1.82, 2.24) is 9.29 Å². The van der Waals surface area contributed by atoms with Crippen LogP contribution in [-0.2, 0) is 16.4 Å². The van der Waals surface area contributed by atoms with Gasteiger partial charge in [0.05, 0.1) is 10.4 Å². The zero-order valence-electron chi connectivity index (χ0n) is 20.0. The number of aromatic nitrogens is 1. The Labute approximate surface area is 217 Å². The van der Waals surface area contributed by atoms with E-state index in [4.69, 9.17) is 10.5 Å². The number of rotatable bonds is 8. The second kappa shape index (κ2) is 9.99. The Morgan fingerprint density at radius 2 is 1.82 bits per heavy atom. The molecule has 1 unspecified atom stereocenters. The van der Waals surface area contributed by atoms with Crippen LogP contribution in [0, 0.1) is 11.6 Å². The molecule has 1 aliphatic rings. The van der Waals surface area contributed by atoms with Crippen molar-refractivity contribution >= 4 is 32.6 Å². The number of halogens is 2. The number of benzene rings is 3. The monoisotopic (exact) mass is 539 g/mol. The Bertz CT molecular complexity index is 1670. The maximum Gasteiger partial charge on any atom is 0.268 e. The molecule has 196 valence electrons. The summed E-state index contributed by atoms with van der Waals surface area (Å²) in [5.74, 6) is -2.29. The van der Waals surface area contributed by atoms with Gasteiger partial charge in [-0.05, 0) is 48.9 Å². The predicted octanol–water partition coefficient (Wildman–Crippen LogP) is 3.42. The SMILES string of the molecule is NC(=O)c1ccc(F)c2c1CC(NCCC(=O)c1cn(S(=O)(=O)c3ccccc3)c3ccc(F)cc13)CO2. The minimum Gasteiger partial charge on any atom is -0.489 e. The zero-order chi connectivity index (χ0) is 27.0. The first-order valence-corrected chi connectivity index (χ1v) is 13.2. The number of carbonyl (C=O) groups excluding carboxylic acids is 2. The molecule has 4 aromatic rings. The summed E-state index contributed by atoms with van der Waals surface area (Å²) in [6.07, 6.45) is 1.45. The number of amides is 1. The van der Waals surface area contributed by atoms with Gasteiger partial charge in [-0.2, -0.15) is 0 Å². The van der Waals surface area contributed by atoms with Crippen LogP contribution in [0.3, 0.4) is 0 Å². The molecule has 0 saturated carbocycles. The highest BCUT2D eigenvalue weighted by atomic mass is 32.2. The molecule has 8 nitrogen and oxygen atoms in total. The van der Waals surface area contributed by atoms with Crippen LogP contribution in [0.2, 0.25) is 0 Å². The molecule has 5 rings (SSSR count). The highest BCUT2D eigenvalue weighted by Crippen LogP contribution is 2.31. The van der Waals surface area contributed by atoms with Gasteiger partial charge >= 0.3 is 0 Å². The van der Waals surface area contributed by atoms with Crippen molar-refractivity contribution in [2.24, 2.45) is 5.73 Å². The highest BCUT2D eigenvalue weighted by Gasteiger charge is 2.27. The van der Waals surface area contributed by atoms with Gasteiger partial charge in [-0.3, -0.25) is 9.59 Å². The first kappa shape index (κ1) is 25.6. The summed E-state index contributed by atoms with van der Waals surface area (Å²) in [5, 5.41) is 3.34. The summed E-state index contributed by atoms with van der Waals surface area (Å²) in [6, 6.07) is 13.5. The molecule has 0 spiro atoms. The molecule has 0 aliphatic carbocycles. The Balaban J connectivity index is 1.35. The van der Waals surface area contributed by atoms with E-state index in [0.29, 0.717) is 5.56 Å². The minimum atomic E-state index is -4.03. The fourth-order valence-electron chi connectivity index (χ4n) is 4.63. The highest BCUT2D eigenvalue weighted by molar-refractivity contribution is 7.90. The maximum absolute atomic E-state index is 14.1. The lowest BCUT2D eigenvalue weighted by atomic mass is 9.96. The van der Waals surface area contributed by atoms with Crippen molar-refractivity contribution < 1.29 is 31.5 Å². The molecule has 1 aromatic heterocycles. The summed E-state index contributed by atoms with van der Waals surface area (Å²) in [5.41, 5.74) is 6.19. The number of ether oxygens (including phenoxy) is 1. The summed E-state index contributed by atoms with van der Waals surface area (Å²) < 4.78 is 61.2. The molecule has 1 amide bonds. The third-order valence-electron chi connectivity index (χ3n) is 6.48. The number of nitrogens with zero attached hydrogens (tertiary/aromatic N) is 1. The van der Waals surface area contributed by atoms with Crippen LogP contribution >= 0.6 is 0 Å². The molecule has 2 heterocycles. The third kappa shape index (κ3) is 4.66. The molecule has 3 N–H and O–H groups in total. The average molecular weight is 540 g/mol.